The Hall–Kier alpha value is -2.20. The number of nitrogens with one attached hydrogen (secondary N) is 1. The van der Waals surface area contributed by atoms with Crippen LogP contribution in [0.25, 0.3) is 0 Å². The third-order valence-electron chi connectivity index (χ3n) is 4.20. The van der Waals surface area contributed by atoms with Gasteiger partial charge < -0.3 is 15.3 Å². The van der Waals surface area contributed by atoms with E-state index in [9.17, 15) is 10.1 Å². The monoisotopic (exact) mass is 412 g/mol. The van der Waals surface area contributed by atoms with E-state index < -0.39 is 4.92 Å². The molecule has 0 bridgehead atoms. The Kier molecular flexibility index (Phi) is 6.27. The molecule has 0 atom stereocenters. The van der Waals surface area contributed by atoms with E-state index in [4.69, 9.17) is 28.3 Å². The minimum absolute atomic E-state index is 0.0705. The van der Waals surface area contributed by atoms with Crippen LogP contribution >= 0.6 is 23.2 Å². The molecule has 1 aromatic heterocycles. The van der Waals surface area contributed by atoms with Crippen LogP contribution in [0.4, 0.5) is 23.0 Å². The minimum atomic E-state index is -0.496. The van der Waals surface area contributed by atoms with Gasteiger partial charge in [-0.1, -0.05) is 23.2 Å². The van der Waals surface area contributed by atoms with Gasteiger partial charge in [-0.3, -0.25) is 15.0 Å². The van der Waals surface area contributed by atoms with Gasteiger partial charge in [0.15, 0.2) is 0 Å². The summed E-state index contributed by atoms with van der Waals surface area (Å²) in [5, 5.41) is 24.5. The van der Waals surface area contributed by atoms with Gasteiger partial charge in [-0.25, -0.2) is 9.97 Å². The summed E-state index contributed by atoms with van der Waals surface area (Å²) in [7, 11) is 0. The number of hydrogen-bond acceptors (Lipinski definition) is 8. The highest BCUT2D eigenvalue weighted by Gasteiger charge is 2.29. The molecule has 9 nitrogen and oxygen atoms in total. The Morgan fingerprint density at radius 3 is 2.41 bits per heavy atom. The number of benzene rings is 1. The van der Waals surface area contributed by atoms with Crippen LogP contribution in [0.2, 0.25) is 10.0 Å². The fourth-order valence-corrected chi connectivity index (χ4v) is 3.47. The first kappa shape index (κ1) is 19.6. The zero-order valence-corrected chi connectivity index (χ0v) is 15.8. The Morgan fingerprint density at radius 2 is 1.81 bits per heavy atom. The van der Waals surface area contributed by atoms with E-state index in [1.807, 2.05) is 4.90 Å². The molecule has 1 fully saturated rings. The van der Waals surface area contributed by atoms with Crippen molar-refractivity contribution in [3.8, 4) is 0 Å². The standard InChI is InChI=1S/C16H18Cl2N6O3/c17-11-7-12(18)9-13(8-11)21-15-14(24(26)27)16(20-10-19-15)23-3-1-22(2-4-23)5-6-25/h7-10,25H,1-6H2,(H,19,20,21). The van der Waals surface area contributed by atoms with Crippen molar-refractivity contribution in [3.63, 3.8) is 0 Å². The number of halogens is 2. The number of nitrogens with zero attached hydrogens (tertiary/aromatic N) is 5. The van der Waals surface area contributed by atoms with Crippen molar-refractivity contribution in [1.82, 2.24) is 14.9 Å². The van der Waals surface area contributed by atoms with E-state index in [2.05, 4.69) is 20.2 Å². The van der Waals surface area contributed by atoms with Gasteiger partial charge >= 0.3 is 5.69 Å². The average molecular weight is 413 g/mol. The molecule has 1 aliphatic heterocycles. The van der Waals surface area contributed by atoms with Crippen molar-refractivity contribution in [2.24, 2.45) is 0 Å². The Bertz CT molecular complexity index is 810. The van der Waals surface area contributed by atoms with Gasteiger partial charge in [-0.05, 0) is 18.2 Å². The molecule has 1 saturated heterocycles. The molecule has 1 aliphatic rings. The Balaban J connectivity index is 1.88. The fourth-order valence-electron chi connectivity index (χ4n) is 2.95. The van der Waals surface area contributed by atoms with Crippen molar-refractivity contribution in [2.75, 3.05) is 49.5 Å². The third-order valence-corrected chi connectivity index (χ3v) is 4.64. The largest absolute Gasteiger partial charge is 0.395 e. The number of nitro groups is 1. The van der Waals surface area contributed by atoms with Gasteiger partial charge in [0.2, 0.25) is 11.6 Å². The van der Waals surface area contributed by atoms with Crippen molar-refractivity contribution in [3.05, 3.63) is 44.7 Å². The molecule has 0 amide bonds. The van der Waals surface area contributed by atoms with E-state index in [1.165, 1.54) is 6.33 Å². The fraction of sp³-hybridized carbons (Fsp3) is 0.375. The molecule has 1 aromatic carbocycles. The molecule has 3 rings (SSSR count). The van der Waals surface area contributed by atoms with E-state index >= 15 is 0 Å². The summed E-state index contributed by atoms with van der Waals surface area (Å²) < 4.78 is 0. The van der Waals surface area contributed by atoms with Crippen LogP contribution in [0.5, 0.6) is 0 Å². The van der Waals surface area contributed by atoms with Crippen LogP contribution in [0, 0.1) is 10.1 Å². The highest BCUT2D eigenvalue weighted by molar-refractivity contribution is 6.35. The second-order valence-electron chi connectivity index (χ2n) is 5.99. The summed E-state index contributed by atoms with van der Waals surface area (Å²) in [4.78, 5) is 23.4. The summed E-state index contributed by atoms with van der Waals surface area (Å²) in [5.74, 6) is 0.329. The summed E-state index contributed by atoms with van der Waals surface area (Å²) in [6, 6.07) is 4.78. The number of rotatable bonds is 6. The maximum absolute atomic E-state index is 11.7. The van der Waals surface area contributed by atoms with Crippen molar-refractivity contribution >= 4 is 46.2 Å². The second-order valence-corrected chi connectivity index (χ2v) is 6.86. The summed E-state index contributed by atoms with van der Waals surface area (Å²) in [5.41, 5.74) is 0.289. The lowest BCUT2D eigenvalue weighted by Gasteiger charge is -2.34. The van der Waals surface area contributed by atoms with Crippen LogP contribution in [-0.4, -0.2) is 64.2 Å². The predicted molar refractivity (Wildman–Crippen MR) is 104 cm³/mol. The molecule has 27 heavy (non-hydrogen) atoms. The van der Waals surface area contributed by atoms with E-state index in [1.54, 1.807) is 18.2 Å². The lowest BCUT2D eigenvalue weighted by molar-refractivity contribution is -0.383. The van der Waals surface area contributed by atoms with Crippen LogP contribution in [0.3, 0.4) is 0 Å². The van der Waals surface area contributed by atoms with Gasteiger partial charge in [0.1, 0.15) is 6.33 Å². The van der Waals surface area contributed by atoms with Crippen molar-refractivity contribution in [2.45, 2.75) is 0 Å². The summed E-state index contributed by atoms with van der Waals surface area (Å²) in [6.45, 7) is 3.19. The summed E-state index contributed by atoms with van der Waals surface area (Å²) >= 11 is 12.0. The van der Waals surface area contributed by atoms with Crippen LogP contribution < -0.4 is 10.2 Å². The zero-order chi connectivity index (χ0) is 19.4. The van der Waals surface area contributed by atoms with Crippen LogP contribution in [0.1, 0.15) is 0 Å². The molecule has 144 valence electrons. The van der Waals surface area contributed by atoms with Gasteiger partial charge in [-0.15, -0.1) is 0 Å². The van der Waals surface area contributed by atoms with Gasteiger partial charge in [-0.2, -0.15) is 0 Å². The van der Waals surface area contributed by atoms with E-state index in [-0.39, 0.29) is 23.9 Å². The number of piperazine rings is 1. The molecule has 0 saturated carbocycles. The highest BCUT2D eigenvalue weighted by Crippen LogP contribution is 2.35. The molecule has 0 radical (unpaired) electrons. The topological polar surface area (TPSA) is 108 Å². The van der Waals surface area contributed by atoms with Crippen molar-refractivity contribution < 1.29 is 10.0 Å². The van der Waals surface area contributed by atoms with E-state index in [0.29, 0.717) is 48.5 Å². The first-order chi connectivity index (χ1) is 13.0. The first-order valence-corrected chi connectivity index (χ1v) is 9.04. The first-order valence-electron chi connectivity index (χ1n) is 8.28. The van der Waals surface area contributed by atoms with Crippen LogP contribution in [-0.2, 0) is 0 Å². The maximum Gasteiger partial charge on any atom is 0.353 e. The number of β-amino-alcohol motifs (C(OH)–C–C–N with tert-alkyl or cyclic N) is 1. The maximum atomic E-state index is 11.7. The quantitative estimate of drug-likeness (QED) is 0.550. The second kappa shape index (κ2) is 8.66. The van der Waals surface area contributed by atoms with Gasteiger partial charge in [0, 0.05) is 48.5 Å². The molecule has 2 aromatic rings. The summed E-state index contributed by atoms with van der Waals surface area (Å²) in [6.07, 6.45) is 1.29. The lowest BCUT2D eigenvalue weighted by Crippen LogP contribution is -2.47. The number of aliphatic hydroxyl groups excluding tert-OH is 1. The van der Waals surface area contributed by atoms with Gasteiger partial charge in [0.05, 0.1) is 11.5 Å². The SMILES string of the molecule is O=[N+]([O-])c1c(Nc2cc(Cl)cc(Cl)c2)ncnc1N1CCN(CCO)CC1. The third kappa shape index (κ3) is 4.75. The molecular weight excluding hydrogens is 395 g/mol. The minimum Gasteiger partial charge on any atom is -0.395 e. The molecule has 0 unspecified atom stereocenters. The molecule has 0 aliphatic carbocycles. The normalized spacial score (nSPS) is 15.0. The molecule has 2 N–H and O–H groups in total. The number of aromatic nitrogens is 2. The number of anilines is 3. The zero-order valence-electron chi connectivity index (χ0n) is 14.3. The molecule has 2 heterocycles. The van der Waals surface area contributed by atoms with Gasteiger partial charge in [0.25, 0.3) is 0 Å². The van der Waals surface area contributed by atoms with Crippen LogP contribution in [0.15, 0.2) is 24.5 Å². The number of hydrogen-bond donors (Lipinski definition) is 2. The Morgan fingerprint density at radius 1 is 1.15 bits per heavy atom. The van der Waals surface area contributed by atoms with Crippen molar-refractivity contribution in [1.29, 1.82) is 0 Å². The highest BCUT2D eigenvalue weighted by atomic mass is 35.5. The smallest absolute Gasteiger partial charge is 0.353 e. The molecule has 11 heteroatoms. The lowest BCUT2D eigenvalue weighted by atomic mass is 10.2. The Labute approximate surface area is 165 Å². The average Bonchev–Trinajstić information content (AvgIpc) is 2.61. The van der Waals surface area contributed by atoms with E-state index in [0.717, 1.165) is 0 Å². The predicted octanol–water partition coefficient (Wildman–Crippen LogP) is 2.55. The molecular formula is C16H18Cl2N6O3. The molecule has 0 spiro atoms. The number of aliphatic hydroxyl groups is 1.